The number of pyridine rings is 1. The Hall–Kier alpha value is -3.19. The Morgan fingerprint density at radius 1 is 1.23 bits per heavy atom. The first-order valence-electron chi connectivity index (χ1n) is 9.76. The molecule has 0 saturated carbocycles. The van der Waals surface area contributed by atoms with Crippen LogP contribution in [0.4, 0.5) is 5.69 Å². The third-order valence-electron chi connectivity index (χ3n) is 5.30. The molecular formula is C23H23N3O3S. The zero-order chi connectivity index (χ0) is 21.1. The van der Waals surface area contributed by atoms with Crippen LogP contribution in [0.1, 0.15) is 28.5 Å². The Kier molecular flexibility index (Phi) is 5.81. The molecule has 1 saturated heterocycles. The van der Waals surface area contributed by atoms with Crippen molar-refractivity contribution < 1.29 is 14.3 Å². The summed E-state index contributed by atoms with van der Waals surface area (Å²) in [5, 5.41) is 4.95. The number of methoxy groups -OCH3 is 1. The van der Waals surface area contributed by atoms with E-state index in [0.29, 0.717) is 12.4 Å². The maximum Gasteiger partial charge on any atom is 0.228 e. The van der Waals surface area contributed by atoms with Gasteiger partial charge >= 0.3 is 0 Å². The highest BCUT2D eigenvalue weighted by molar-refractivity contribution is 7.10. The van der Waals surface area contributed by atoms with E-state index < -0.39 is 5.92 Å². The number of rotatable bonds is 6. The summed E-state index contributed by atoms with van der Waals surface area (Å²) in [4.78, 5) is 33.1. The average Bonchev–Trinajstić information content (AvgIpc) is 3.40. The van der Waals surface area contributed by atoms with Crippen molar-refractivity contribution in [2.24, 2.45) is 5.92 Å². The second kappa shape index (κ2) is 8.67. The van der Waals surface area contributed by atoms with Gasteiger partial charge in [-0.25, -0.2) is 4.98 Å². The summed E-state index contributed by atoms with van der Waals surface area (Å²) in [6, 6.07) is 15.1. The number of thiophene rings is 1. The molecule has 2 atom stereocenters. The molecule has 3 heterocycles. The number of carbonyl (C=O) groups is 2. The van der Waals surface area contributed by atoms with Crippen LogP contribution in [0.25, 0.3) is 0 Å². The first kappa shape index (κ1) is 20.1. The van der Waals surface area contributed by atoms with Crippen molar-refractivity contribution in [1.29, 1.82) is 0 Å². The zero-order valence-electron chi connectivity index (χ0n) is 16.9. The molecule has 0 bridgehead atoms. The molecule has 0 aliphatic carbocycles. The van der Waals surface area contributed by atoms with Gasteiger partial charge in [0.05, 0.1) is 19.1 Å². The molecule has 154 valence electrons. The van der Waals surface area contributed by atoms with E-state index >= 15 is 0 Å². The van der Waals surface area contributed by atoms with Crippen LogP contribution in [0.5, 0.6) is 5.88 Å². The van der Waals surface area contributed by atoms with E-state index in [1.165, 1.54) is 0 Å². The fourth-order valence-electron chi connectivity index (χ4n) is 3.82. The van der Waals surface area contributed by atoms with E-state index in [4.69, 9.17) is 4.74 Å². The van der Waals surface area contributed by atoms with Gasteiger partial charge in [-0.2, -0.15) is 0 Å². The molecule has 6 nitrogen and oxygen atoms in total. The summed E-state index contributed by atoms with van der Waals surface area (Å²) >= 11 is 1.56. The molecule has 4 rings (SSSR count). The lowest BCUT2D eigenvalue weighted by molar-refractivity contribution is -0.126. The van der Waals surface area contributed by atoms with Gasteiger partial charge in [-0.15, -0.1) is 11.3 Å². The summed E-state index contributed by atoms with van der Waals surface area (Å²) in [5.41, 5.74) is 2.73. The van der Waals surface area contributed by atoms with Gasteiger partial charge in [0.1, 0.15) is 0 Å². The summed E-state index contributed by atoms with van der Waals surface area (Å²) in [6.07, 6.45) is 1.82. The number of nitrogens with one attached hydrogen (secondary N) is 1. The molecule has 1 N–H and O–H groups in total. The van der Waals surface area contributed by atoms with Gasteiger partial charge in [0.25, 0.3) is 0 Å². The van der Waals surface area contributed by atoms with Crippen molar-refractivity contribution in [3.05, 3.63) is 76.1 Å². The van der Waals surface area contributed by atoms with Gasteiger partial charge in [-0.1, -0.05) is 29.8 Å². The van der Waals surface area contributed by atoms with Gasteiger partial charge in [-0.05, 0) is 36.6 Å². The average molecular weight is 422 g/mol. The maximum absolute atomic E-state index is 13.2. The standard InChI is InChI=1S/C23H23N3O3S/c1-15-7-9-17(10-8-15)26-20(27)13-18(21(26)19-6-4-12-30-19)22(28)25-14-16-5-3-11-24-23(16)29-2/h3-12,18,21H,13-14H2,1-2H3,(H,25,28)/t18-,21+/m0/s1. The molecule has 0 radical (unpaired) electrons. The predicted molar refractivity (Wildman–Crippen MR) is 116 cm³/mol. The van der Waals surface area contributed by atoms with E-state index in [9.17, 15) is 9.59 Å². The second-order valence-corrected chi connectivity index (χ2v) is 8.24. The molecule has 0 spiro atoms. The molecule has 1 aliphatic heterocycles. The number of ether oxygens (including phenoxy) is 1. The quantitative estimate of drug-likeness (QED) is 0.656. The molecule has 1 fully saturated rings. The fourth-order valence-corrected chi connectivity index (χ4v) is 4.70. The van der Waals surface area contributed by atoms with Crippen LogP contribution >= 0.6 is 11.3 Å². The highest BCUT2D eigenvalue weighted by Gasteiger charge is 2.45. The van der Waals surface area contributed by atoms with Crippen molar-refractivity contribution in [1.82, 2.24) is 10.3 Å². The van der Waals surface area contributed by atoms with E-state index in [0.717, 1.165) is 21.7 Å². The molecular weight excluding hydrogens is 398 g/mol. The lowest BCUT2D eigenvalue weighted by Gasteiger charge is -2.27. The van der Waals surface area contributed by atoms with Crippen molar-refractivity contribution in [2.45, 2.75) is 25.9 Å². The van der Waals surface area contributed by atoms with Gasteiger partial charge in [0.15, 0.2) is 0 Å². The smallest absolute Gasteiger partial charge is 0.228 e. The van der Waals surface area contributed by atoms with E-state index in [1.807, 2.05) is 54.8 Å². The lowest BCUT2D eigenvalue weighted by Crippen LogP contribution is -2.35. The molecule has 7 heteroatoms. The molecule has 1 aliphatic rings. The number of aromatic nitrogens is 1. The van der Waals surface area contributed by atoms with Crippen LogP contribution in [-0.4, -0.2) is 23.9 Å². The van der Waals surface area contributed by atoms with Crippen LogP contribution in [0.2, 0.25) is 0 Å². The predicted octanol–water partition coefficient (Wildman–Crippen LogP) is 3.87. The van der Waals surface area contributed by atoms with Crippen molar-refractivity contribution >= 4 is 28.8 Å². The normalized spacial score (nSPS) is 18.5. The van der Waals surface area contributed by atoms with Crippen LogP contribution in [0, 0.1) is 12.8 Å². The van der Waals surface area contributed by atoms with Crippen molar-refractivity contribution in [3.8, 4) is 5.88 Å². The molecule has 1 aromatic carbocycles. The Balaban J connectivity index is 1.59. The number of benzene rings is 1. The van der Waals surface area contributed by atoms with Gasteiger partial charge < -0.3 is 15.0 Å². The lowest BCUT2D eigenvalue weighted by atomic mass is 9.97. The minimum Gasteiger partial charge on any atom is -0.481 e. The van der Waals surface area contributed by atoms with Crippen LogP contribution < -0.4 is 15.0 Å². The Morgan fingerprint density at radius 3 is 2.73 bits per heavy atom. The van der Waals surface area contributed by atoms with Gasteiger partial charge in [-0.3, -0.25) is 9.59 Å². The molecule has 3 aromatic rings. The molecule has 2 aromatic heterocycles. The monoisotopic (exact) mass is 421 g/mol. The number of anilines is 1. The summed E-state index contributed by atoms with van der Waals surface area (Å²) < 4.78 is 5.26. The Labute approximate surface area is 179 Å². The zero-order valence-corrected chi connectivity index (χ0v) is 17.7. The van der Waals surface area contributed by atoms with E-state index in [1.54, 1.807) is 35.6 Å². The molecule has 2 amide bonds. The second-order valence-electron chi connectivity index (χ2n) is 7.26. The Morgan fingerprint density at radius 2 is 2.03 bits per heavy atom. The van der Waals surface area contributed by atoms with Crippen LogP contribution in [0.15, 0.2) is 60.1 Å². The topological polar surface area (TPSA) is 71.5 Å². The summed E-state index contributed by atoms with van der Waals surface area (Å²) in [6.45, 7) is 2.30. The Bertz CT molecular complexity index is 1030. The SMILES string of the molecule is COc1ncccc1CNC(=O)[C@H]1CC(=O)N(c2ccc(C)cc2)[C@H]1c1cccs1. The largest absolute Gasteiger partial charge is 0.481 e. The summed E-state index contributed by atoms with van der Waals surface area (Å²) in [7, 11) is 1.55. The number of amides is 2. The fraction of sp³-hybridized carbons (Fsp3) is 0.261. The van der Waals surface area contributed by atoms with Crippen LogP contribution in [0.3, 0.4) is 0 Å². The number of nitrogens with zero attached hydrogens (tertiary/aromatic N) is 2. The van der Waals surface area contributed by atoms with Crippen LogP contribution in [-0.2, 0) is 16.1 Å². The first-order valence-corrected chi connectivity index (χ1v) is 10.6. The van der Waals surface area contributed by atoms with Crippen molar-refractivity contribution in [3.63, 3.8) is 0 Å². The van der Waals surface area contributed by atoms with Gasteiger partial charge in [0, 0.05) is 35.3 Å². The number of hydrogen-bond donors (Lipinski definition) is 1. The number of aryl methyl sites for hydroxylation is 1. The molecule has 30 heavy (non-hydrogen) atoms. The minimum atomic E-state index is -0.472. The third kappa shape index (κ3) is 3.93. The first-order chi connectivity index (χ1) is 14.6. The van der Waals surface area contributed by atoms with E-state index in [2.05, 4.69) is 10.3 Å². The van der Waals surface area contributed by atoms with Crippen molar-refractivity contribution in [2.75, 3.05) is 12.0 Å². The third-order valence-corrected chi connectivity index (χ3v) is 6.25. The summed E-state index contributed by atoms with van der Waals surface area (Å²) in [5.74, 6) is -0.185. The molecule has 0 unspecified atom stereocenters. The number of hydrogen-bond acceptors (Lipinski definition) is 5. The maximum atomic E-state index is 13.2. The van der Waals surface area contributed by atoms with Gasteiger partial charge in [0.2, 0.25) is 17.7 Å². The number of carbonyl (C=O) groups excluding carboxylic acids is 2. The highest BCUT2D eigenvalue weighted by atomic mass is 32.1. The minimum absolute atomic E-state index is 0.0450. The highest BCUT2D eigenvalue weighted by Crippen LogP contribution is 2.43. The van der Waals surface area contributed by atoms with E-state index in [-0.39, 0.29) is 24.3 Å².